The van der Waals surface area contributed by atoms with Crippen LogP contribution >= 0.6 is 11.3 Å². The van der Waals surface area contributed by atoms with Crippen molar-refractivity contribution in [3.8, 4) is 0 Å². The lowest BCUT2D eigenvalue weighted by atomic mass is 9.82. The number of fused-ring (bicyclic) bond motifs is 1. The van der Waals surface area contributed by atoms with Gasteiger partial charge < -0.3 is 0 Å². The fourth-order valence-electron chi connectivity index (χ4n) is 3.04. The van der Waals surface area contributed by atoms with E-state index >= 15 is 0 Å². The Morgan fingerprint density at radius 1 is 1.29 bits per heavy atom. The van der Waals surface area contributed by atoms with E-state index in [4.69, 9.17) is 10.8 Å². The second kappa shape index (κ2) is 6.86. The number of thiazole rings is 1. The summed E-state index contributed by atoms with van der Waals surface area (Å²) >= 11 is 1.77. The van der Waals surface area contributed by atoms with Crippen molar-refractivity contribution in [3.05, 3.63) is 29.3 Å². The Kier molecular flexibility index (Phi) is 5.36. The maximum Gasteiger partial charge on any atom is 0.0954 e. The van der Waals surface area contributed by atoms with Crippen LogP contribution in [-0.4, -0.2) is 11.0 Å². The number of nitrogens with one attached hydrogen (secondary N) is 1. The van der Waals surface area contributed by atoms with Crippen molar-refractivity contribution >= 4 is 21.6 Å². The molecule has 1 aromatic heterocycles. The van der Waals surface area contributed by atoms with Crippen LogP contribution in [0.25, 0.3) is 10.2 Å². The van der Waals surface area contributed by atoms with Gasteiger partial charge in [0.05, 0.1) is 15.2 Å². The number of rotatable bonds is 6. The molecule has 2 atom stereocenters. The average Bonchev–Trinajstić information content (AvgIpc) is 2.77. The molecule has 3 nitrogen and oxygen atoms in total. The lowest BCUT2D eigenvalue weighted by Crippen LogP contribution is -2.38. The molecule has 0 amide bonds. The zero-order chi connectivity index (χ0) is 15.5. The van der Waals surface area contributed by atoms with E-state index in [1.165, 1.54) is 16.1 Å². The summed E-state index contributed by atoms with van der Waals surface area (Å²) in [7, 11) is 0. The van der Waals surface area contributed by atoms with Crippen molar-refractivity contribution in [1.29, 1.82) is 0 Å². The van der Waals surface area contributed by atoms with Crippen molar-refractivity contribution in [2.45, 2.75) is 53.0 Å². The Labute approximate surface area is 131 Å². The molecule has 0 spiro atoms. The molecule has 0 saturated heterocycles. The number of hydrazine groups is 1. The highest BCUT2D eigenvalue weighted by atomic mass is 32.1. The molecular weight excluding hydrogens is 278 g/mol. The van der Waals surface area contributed by atoms with Gasteiger partial charge in [0.25, 0.3) is 0 Å². The zero-order valence-corrected chi connectivity index (χ0v) is 14.3. The lowest BCUT2D eigenvalue weighted by Gasteiger charge is -2.26. The summed E-state index contributed by atoms with van der Waals surface area (Å²) in [5, 5.41) is 1.17. The molecule has 3 N–H and O–H groups in total. The van der Waals surface area contributed by atoms with Crippen LogP contribution in [0.4, 0.5) is 0 Å². The Balaban J connectivity index is 1.98. The zero-order valence-electron chi connectivity index (χ0n) is 13.5. The standard InChI is InChI=1S/C17H27N3S/c1-12(11-17(2,3)4)9-13(20-18)10-16-19-14-7-5-6-8-15(14)21-16/h5-8,12-13,20H,9-11,18H2,1-4H3. The second-order valence-corrected chi connectivity index (χ2v) is 8.36. The molecule has 0 bridgehead atoms. The first-order chi connectivity index (χ1) is 9.87. The minimum Gasteiger partial charge on any atom is -0.271 e. The number of aromatic nitrogens is 1. The summed E-state index contributed by atoms with van der Waals surface area (Å²) in [6.07, 6.45) is 3.21. The molecule has 0 aliphatic heterocycles. The predicted octanol–water partition coefficient (Wildman–Crippen LogP) is 4.13. The molecule has 4 heteroatoms. The Hall–Kier alpha value is -0.970. The van der Waals surface area contributed by atoms with Crippen LogP contribution in [0.15, 0.2) is 24.3 Å². The van der Waals surface area contributed by atoms with Gasteiger partial charge in [-0.3, -0.25) is 11.3 Å². The molecular formula is C17H27N3S. The number of benzene rings is 1. The van der Waals surface area contributed by atoms with Gasteiger partial charge in [-0.15, -0.1) is 11.3 Å². The van der Waals surface area contributed by atoms with Crippen molar-refractivity contribution < 1.29 is 0 Å². The maximum absolute atomic E-state index is 5.75. The first-order valence-corrected chi connectivity index (χ1v) is 8.49. The van der Waals surface area contributed by atoms with Gasteiger partial charge in [0, 0.05) is 12.5 Å². The highest BCUT2D eigenvalue weighted by Crippen LogP contribution is 2.28. The molecule has 0 aliphatic carbocycles. The van der Waals surface area contributed by atoms with E-state index < -0.39 is 0 Å². The average molecular weight is 305 g/mol. The molecule has 0 saturated carbocycles. The van der Waals surface area contributed by atoms with E-state index in [0.29, 0.717) is 17.4 Å². The van der Waals surface area contributed by atoms with E-state index in [1.54, 1.807) is 11.3 Å². The van der Waals surface area contributed by atoms with Gasteiger partial charge in [-0.2, -0.15) is 0 Å². The number of hydrogen-bond donors (Lipinski definition) is 2. The third-order valence-electron chi connectivity index (χ3n) is 3.64. The molecule has 0 radical (unpaired) electrons. The van der Waals surface area contributed by atoms with Gasteiger partial charge in [0.1, 0.15) is 0 Å². The van der Waals surface area contributed by atoms with Gasteiger partial charge in [0.15, 0.2) is 0 Å². The molecule has 2 unspecified atom stereocenters. The van der Waals surface area contributed by atoms with Gasteiger partial charge in [-0.05, 0) is 36.3 Å². The molecule has 1 heterocycles. The summed E-state index contributed by atoms with van der Waals surface area (Å²) < 4.78 is 1.26. The van der Waals surface area contributed by atoms with Gasteiger partial charge >= 0.3 is 0 Å². The minimum absolute atomic E-state index is 0.294. The third-order valence-corrected chi connectivity index (χ3v) is 4.70. The van der Waals surface area contributed by atoms with Crippen molar-refractivity contribution in [2.24, 2.45) is 17.2 Å². The van der Waals surface area contributed by atoms with E-state index in [1.807, 2.05) is 6.07 Å². The normalized spacial score (nSPS) is 15.3. The van der Waals surface area contributed by atoms with Crippen molar-refractivity contribution in [3.63, 3.8) is 0 Å². The summed E-state index contributed by atoms with van der Waals surface area (Å²) in [4.78, 5) is 4.71. The third kappa shape index (κ3) is 5.06. The number of hydrogen-bond acceptors (Lipinski definition) is 4. The molecule has 1 aromatic carbocycles. The first-order valence-electron chi connectivity index (χ1n) is 7.68. The first kappa shape index (κ1) is 16.4. The van der Waals surface area contributed by atoms with Crippen LogP contribution in [0.1, 0.15) is 45.5 Å². The van der Waals surface area contributed by atoms with Crippen LogP contribution in [0, 0.1) is 11.3 Å². The molecule has 2 aromatic rings. The maximum atomic E-state index is 5.75. The molecule has 21 heavy (non-hydrogen) atoms. The predicted molar refractivity (Wildman–Crippen MR) is 92.3 cm³/mol. The van der Waals surface area contributed by atoms with Crippen molar-refractivity contribution in [1.82, 2.24) is 10.4 Å². The van der Waals surface area contributed by atoms with Crippen LogP contribution in [0.5, 0.6) is 0 Å². The summed E-state index contributed by atoms with van der Waals surface area (Å²) in [6.45, 7) is 9.19. The number of nitrogens with zero attached hydrogens (tertiary/aromatic N) is 1. The molecule has 0 fully saturated rings. The largest absolute Gasteiger partial charge is 0.271 e. The van der Waals surface area contributed by atoms with Gasteiger partial charge in [-0.1, -0.05) is 39.8 Å². The fraction of sp³-hybridized carbons (Fsp3) is 0.588. The highest BCUT2D eigenvalue weighted by molar-refractivity contribution is 7.18. The van der Waals surface area contributed by atoms with E-state index in [2.05, 4.69) is 51.3 Å². The Morgan fingerprint density at radius 2 is 2.00 bits per heavy atom. The van der Waals surface area contributed by atoms with E-state index in [-0.39, 0.29) is 0 Å². The monoisotopic (exact) mass is 305 g/mol. The number of para-hydroxylation sites is 1. The summed E-state index contributed by atoms with van der Waals surface area (Å²) in [5.74, 6) is 6.41. The Morgan fingerprint density at radius 3 is 2.62 bits per heavy atom. The van der Waals surface area contributed by atoms with Crippen molar-refractivity contribution in [2.75, 3.05) is 0 Å². The fourth-order valence-corrected chi connectivity index (χ4v) is 4.09. The van der Waals surface area contributed by atoms with E-state index in [9.17, 15) is 0 Å². The lowest BCUT2D eigenvalue weighted by molar-refractivity contribution is 0.274. The quantitative estimate of drug-likeness (QED) is 0.623. The topological polar surface area (TPSA) is 50.9 Å². The van der Waals surface area contributed by atoms with Gasteiger partial charge in [0.2, 0.25) is 0 Å². The summed E-state index contributed by atoms with van der Waals surface area (Å²) in [5.41, 5.74) is 4.44. The minimum atomic E-state index is 0.294. The summed E-state index contributed by atoms with van der Waals surface area (Å²) in [6, 6.07) is 8.60. The molecule has 0 aliphatic rings. The van der Waals surface area contributed by atoms with E-state index in [0.717, 1.165) is 18.4 Å². The van der Waals surface area contributed by atoms with Crippen LogP contribution in [-0.2, 0) is 6.42 Å². The SMILES string of the molecule is CC(CC(Cc1nc2ccccc2s1)NN)CC(C)(C)C. The smallest absolute Gasteiger partial charge is 0.0954 e. The second-order valence-electron chi connectivity index (χ2n) is 7.25. The molecule has 116 valence electrons. The number of nitrogens with two attached hydrogens (primary N) is 1. The molecule has 2 rings (SSSR count). The van der Waals surface area contributed by atoms with Crippen LogP contribution in [0.2, 0.25) is 0 Å². The highest BCUT2D eigenvalue weighted by Gasteiger charge is 2.19. The van der Waals surface area contributed by atoms with Crippen LogP contribution < -0.4 is 11.3 Å². The Bertz CT molecular complexity index is 538. The van der Waals surface area contributed by atoms with Gasteiger partial charge in [-0.25, -0.2) is 4.98 Å². The van der Waals surface area contributed by atoms with Crippen LogP contribution in [0.3, 0.4) is 0 Å².